The maximum atomic E-state index is 12.3. The number of aliphatic hydroxyl groups excluding tert-OH is 2. The van der Waals surface area contributed by atoms with Crippen LogP contribution in [0.25, 0.3) is 0 Å². The van der Waals surface area contributed by atoms with Gasteiger partial charge >= 0.3 is 21.3 Å². The Balaban J connectivity index is 0.000000802. The maximum Gasteiger partial charge on any atom is 0.407 e. The van der Waals surface area contributed by atoms with Gasteiger partial charge in [0.1, 0.15) is 6.61 Å². The number of carbonyl (C=O) groups excluding carboxylic acids is 1. The molecule has 14 heteroatoms. The maximum absolute atomic E-state index is 12.3. The number of hydrogen-bond donors (Lipinski definition) is 4. The second kappa shape index (κ2) is 19.7. The summed E-state index contributed by atoms with van der Waals surface area (Å²) in [6.45, 7) is 8.06. The molecule has 0 fully saturated rings. The molecule has 36 heavy (non-hydrogen) atoms. The van der Waals surface area contributed by atoms with E-state index >= 15 is 0 Å². The van der Waals surface area contributed by atoms with Crippen LogP contribution in [0.2, 0.25) is 0 Å². The van der Waals surface area contributed by atoms with Gasteiger partial charge in [0.25, 0.3) is 0 Å². The fourth-order valence-corrected chi connectivity index (χ4v) is 5.87. The summed E-state index contributed by atoms with van der Waals surface area (Å²) in [7, 11) is -6.92. The molecular weight excluding hydrogens is 514 g/mol. The SMILES string of the molecule is CCOP(=O)(OCC)C(O)CCN.CCOP(=O)(OCC)C(O)CCNC(=O)OCc1ccccc1. The van der Waals surface area contributed by atoms with E-state index in [2.05, 4.69) is 5.32 Å². The summed E-state index contributed by atoms with van der Waals surface area (Å²) < 4.78 is 48.9. The molecule has 0 heterocycles. The smallest absolute Gasteiger partial charge is 0.407 e. The molecule has 0 aromatic heterocycles. The predicted molar refractivity (Wildman–Crippen MR) is 137 cm³/mol. The van der Waals surface area contributed by atoms with Crippen LogP contribution in [0.3, 0.4) is 0 Å². The first-order valence-electron chi connectivity index (χ1n) is 11.9. The second-order valence-electron chi connectivity index (χ2n) is 7.07. The van der Waals surface area contributed by atoms with Crippen LogP contribution >= 0.6 is 15.2 Å². The van der Waals surface area contributed by atoms with Crippen molar-refractivity contribution < 1.29 is 47.0 Å². The number of benzene rings is 1. The normalized spacial score (nSPS) is 13.3. The Morgan fingerprint density at radius 3 is 1.72 bits per heavy atom. The van der Waals surface area contributed by atoms with E-state index in [4.69, 9.17) is 28.6 Å². The highest BCUT2D eigenvalue weighted by Gasteiger charge is 2.34. The second-order valence-corrected chi connectivity index (χ2v) is 11.5. The minimum Gasteiger partial charge on any atom is -0.445 e. The minimum atomic E-state index is -3.57. The average Bonchev–Trinajstić information content (AvgIpc) is 2.84. The third-order valence-electron chi connectivity index (χ3n) is 4.28. The highest BCUT2D eigenvalue weighted by molar-refractivity contribution is 7.54. The molecule has 2 atom stereocenters. The third-order valence-corrected chi connectivity index (χ3v) is 8.72. The van der Waals surface area contributed by atoms with Crippen molar-refractivity contribution in [3.8, 4) is 0 Å². The van der Waals surface area contributed by atoms with E-state index in [0.29, 0.717) is 0 Å². The van der Waals surface area contributed by atoms with Gasteiger partial charge in [-0.15, -0.1) is 0 Å². The van der Waals surface area contributed by atoms with Crippen molar-refractivity contribution in [1.29, 1.82) is 0 Å². The molecule has 0 radical (unpaired) electrons. The predicted octanol–water partition coefficient (Wildman–Crippen LogP) is 3.81. The van der Waals surface area contributed by atoms with Crippen LogP contribution in [0.4, 0.5) is 4.79 Å². The zero-order valence-electron chi connectivity index (χ0n) is 21.5. The van der Waals surface area contributed by atoms with Gasteiger partial charge in [-0.2, -0.15) is 0 Å². The molecule has 0 saturated heterocycles. The van der Waals surface area contributed by atoms with E-state index < -0.39 is 33.0 Å². The van der Waals surface area contributed by atoms with Gasteiger partial charge in [0, 0.05) is 13.0 Å². The molecule has 0 spiro atoms. The number of alkyl carbamates (subject to hydrolysis) is 1. The van der Waals surface area contributed by atoms with Gasteiger partial charge in [0.2, 0.25) is 0 Å². The Kier molecular flexibility index (Phi) is 19.0. The van der Waals surface area contributed by atoms with Crippen LogP contribution in [0.5, 0.6) is 0 Å². The summed E-state index contributed by atoms with van der Waals surface area (Å²) in [5.74, 6) is -2.41. The zero-order chi connectivity index (χ0) is 27.5. The Bertz CT molecular complexity index is 780. The highest BCUT2D eigenvalue weighted by atomic mass is 31.2. The van der Waals surface area contributed by atoms with Gasteiger partial charge in [-0.25, -0.2) is 4.79 Å². The molecule has 12 nitrogen and oxygen atoms in total. The number of ether oxygens (including phenoxy) is 1. The van der Waals surface area contributed by atoms with Gasteiger partial charge in [-0.3, -0.25) is 9.13 Å². The van der Waals surface area contributed by atoms with Crippen LogP contribution in [-0.2, 0) is 38.6 Å². The van der Waals surface area contributed by atoms with Crippen LogP contribution in [0.1, 0.15) is 46.1 Å². The summed E-state index contributed by atoms with van der Waals surface area (Å²) in [5.41, 5.74) is 6.10. The lowest BCUT2D eigenvalue weighted by atomic mass is 10.2. The van der Waals surface area contributed by atoms with Crippen molar-refractivity contribution in [1.82, 2.24) is 5.32 Å². The quantitative estimate of drug-likeness (QED) is 0.205. The number of nitrogens with two attached hydrogens (primary N) is 1. The number of rotatable bonds is 17. The number of carbonyl (C=O) groups is 1. The lowest BCUT2D eigenvalue weighted by molar-refractivity contribution is 0.131. The van der Waals surface area contributed by atoms with E-state index in [1.807, 2.05) is 30.3 Å². The van der Waals surface area contributed by atoms with Crippen molar-refractivity contribution in [3.05, 3.63) is 35.9 Å². The minimum absolute atomic E-state index is 0.0394. The molecule has 1 amide bonds. The van der Waals surface area contributed by atoms with E-state index in [-0.39, 0.29) is 59.0 Å². The van der Waals surface area contributed by atoms with Crippen molar-refractivity contribution in [3.63, 3.8) is 0 Å². The molecule has 1 rings (SSSR count). The lowest BCUT2D eigenvalue weighted by Crippen LogP contribution is -2.28. The van der Waals surface area contributed by atoms with Gasteiger partial charge in [-0.1, -0.05) is 30.3 Å². The van der Waals surface area contributed by atoms with Gasteiger partial charge in [-0.05, 0) is 46.2 Å². The Morgan fingerprint density at radius 2 is 1.31 bits per heavy atom. The largest absolute Gasteiger partial charge is 0.445 e. The molecule has 0 saturated carbocycles. The summed E-state index contributed by atoms with van der Waals surface area (Å²) in [6.07, 6.45) is -0.349. The number of hydrogen-bond acceptors (Lipinski definition) is 11. The van der Waals surface area contributed by atoms with Crippen molar-refractivity contribution in [2.75, 3.05) is 39.5 Å². The average molecular weight is 557 g/mol. The Hall–Kier alpha value is -1.33. The van der Waals surface area contributed by atoms with E-state index in [1.54, 1.807) is 27.7 Å². The van der Waals surface area contributed by atoms with E-state index in [0.717, 1.165) is 5.56 Å². The summed E-state index contributed by atoms with van der Waals surface area (Å²) in [5, 5.41) is 21.9. The standard InChI is InChI=1S/C15H24NO6P.C7H18NO4P/c1-3-21-23(19,22-4-2)14(17)10-11-16-15(18)20-12-13-8-6-5-7-9-13;1-3-11-13(10,12-4-2)7(9)5-6-8/h5-9,14,17H,3-4,10-12H2,1-2H3,(H,16,18);7,9H,3-6,8H2,1-2H3. The zero-order valence-corrected chi connectivity index (χ0v) is 23.3. The van der Waals surface area contributed by atoms with Crippen molar-refractivity contribution in [2.24, 2.45) is 5.73 Å². The molecule has 210 valence electrons. The highest BCUT2D eigenvalue weighted by Crippen LogP contribution is 2.53. The summed E-state index contributed by atoms with van der Waals surface area (Å²) >= 11 is 0. The van der Waals surface area contributed by atoms with Crippen LogP contribution in [0, 0.1) is 0 Å². The van der Waals surface area contributed by atoms with E-state index in [9.17, 15) is 24.1 Å². The van der Waals surface area contributed by atoms with Crippen LogP contribution in [-0.4, -0.2) is 67.5 Å². The van der Waals surface area contributed by atoms with Crippen molar-refractivity contribution >= 4 is 21.3 Å². The van der Waals surface area contributed by atoms with Crippen molar-refractivity contribution in [2.45, 2.75) is 58.8 Å². The molecule has 1 aromatic rings. The first kappa shape index (κ1) is 34.7. The number of amides is 1. The number of aliphatic hydroxyl groups is 2. The van der Waals surface area contributed by atoms with Crippen LogP contribution < -0.4 is 11.1 Å². The first-order chi connectivity index (χ1) is 17.1. The summed E-state index contributed by atoms with van der Waals surface area (Å²) in [6, 6.07) is 9.27. The van der Waals surface area contributed by atoms with E-state index in [1.165, 1.54) is 0 Å². The lowest BCUT2D eigenvalue weighted by Gasteiger charge is -2.22. The van der Waals surface area contributed by atoms with Crippen LogP contribution in [0.15, 0.2) is 30.3 Å². The van der Waals surface area contributed by atoms with Gasteiger partial charge in [0.15, 0.2) is 11.7 Å². The Labute approximate surface area is 213 Å². The first-order valence-corrected chi connectivity index (χ1v) is 15.1. The Morgan fingerprint density at radius 1 is 0.861 bits per heavy atom. The molecule has 0 bridgehead atoms. The molecular formula is C22H42N2O10P2. The third kappa shape index (κ3) is 13.8. The fourth-order valence-electron chi connectivity index (χ4n) is 2.68. The number of nitrogens with one attached hydrogen (secondary N) is 1. The van der Waals surface area contributed by atoms with Gasteiger partial charge in [0.05, 0.1) is 26.4 Å². The molecule has 0 aliphatic carbocycles. The van der Waals surface area contributed by atoms with Gasteiger partial charge < -0.3 is 44.1 Å². The molecule has 5 N–H and O–H groups in total. The molecule has 0 aliphatic heterocycles. The monoisotopic (exact) mass is 556 g/mol. The fraction of sp³-hybridized carbons (Fsp3) is 0.682. The summed E-state index contributed by atoms with van der Waals surface area (Å²) in [4.78, 5) is 11.6. The molecule has 1 aromatic carbocycles. The topological polar surface area (TPSA) is 176 Å². The molecule has 0 aliphatic rings. The molecule has 2 unspecified atom stereocenters.